The van der Waals surface area contributed by atoms with E-state index in [1.165, 1.54) is 6.42 Å². The fraction of sp³-hybridized carbons (Fsp3) is 0.257. The summed E-state index contributed by atoms with van der Waals surface area (Å²) in [6.07, 6.45) is 2.97. The average molecular weight is 608 g/mol. The Kier molecular flexibility index (Phi) is 8.39. The van der Waals surface area contributed by atoms with Gasteiger partial charge in [0.15, 0.2) is 0 Å². The first-order valence-electron chi connectivity index (χ1n) is 15.0. The second-order valence-electron chi connectivity index (χ2n) is 11.4. The first kappa shape index (κ1) is 29.4. The van der Waals surface area contributed by atoms with Crippen molar-refractivity contribution in [1.29, 1.82) is 0 Å². The van der Waals surface area contributed by atoms with Gasteiger partial charge < -0.3 is 9.80 Å². The summed E-state index contributed by atoms with van der Waals surface area (Å²) in [5.74, 6) is 0.779. The first-order valence-corrected chi connectivity index (χ1v) is 16.5. The molecule has 4 aromatic carbocycles. The van der Waals surface area contributed by atoms with E-state index in [2.05, 4.69) is 26.7 Å². The van der Waals surface area contributed by atoms with E-state index in [4.69, 9.17) is 4.99 Å². The molecule has 6 rings (SSSR count). The van der Waals surface area contributed by atoms with Gasteiger partial charge in [0.1, 0.15) is 6.17 Å². The Labute approximate surface area is 259 Å². The molecular formula is C35H37N5O3S. The zero-order valence-electron chi connectivity index (χ0n) is 25.1. The third-order valence-electron chi connectivity index (χ3n) is 8.16. The molecule has 1 amide bonds. The van der Waals surface area contributed by atoms with E-state index in [1.807, 2.05) is 66.4 Å². The van der Waals surface area contributed by atoms with Crippen LogP contribution in [-0.2, 0) is 21.4 Å². The summed E-state index contributed by atoms with van der Waals surface area (Å²) in [7, 11) is -3.72. The molecule has 2 heterocycles. The summed E-state index contributed by atoms with van der Waals surface area (Å²) in [6.45, 7) is 5.67. The van der Waals surface area contributed by atoms with Crippen LogP contribution in [0.25, 0.3) is 0 Å². The van der Waals surface area contributed by atoms with Crippen LogP contribution in [0.2, 0.25) is 0 Å². The van der Waals surface area contributed by atoms with Crippen molar-refractivity contribution >= 4 is 39.0 Å². The van der Waals surface area contributed by atoms with Crippen molar-refractivity contribution in [3.05, 3.63) is 120 Å². The number of hydrogen-bond acceptors (Lipinski definition) is 6. The highest BCUT2D eigenvalue weighted by Gasteiger charge is 2.39. The molecule has 1 N–H and O–H groups in total. The number of sulfonamides is 1. The summed E-state index contributed by atoms with van der Waals surface area (Å²) < 4.78 is 28.5. The van der Waals surface area contributed by atoms with E-state index in [-0.39, 0.29) is 10.8 Å². The minimum absolute atomic E-state index is 0.0743. The Balaban J connectivity index is 1.33. The zero-order valence-corrected chi connectivity index (χ0v) is 25.9. The summed E-state index contributed by atoms with van der Waals surface area (Å²) >= 11 is 0. The Bertz CT molecular complexity index is 1750. The van der Waals surface area contributed by atoms with Crippen molar-refractivity contribution < 1.29 is 13.2 Å². The Morgan fingerprint density at radius 3 is 2.20 bits per heavy atom. The van der Waals surface area contributed by atoms with Crippen molar-refractivity contribution in [3.63, 3.8) is 0 Å². The van der Waals surface area contributed by atoms with Crippen molar-refractivity contribution in [2.75, 3.05) is 22.7 Å². The SMILES string of the molecule is CC(=O)N(Cc1ccc(NS(=O)(=O)c2ccc(C)cc2)cc1)C1c2ccccc2N=C(N2CCCCC2)N1c1ccccc1. The van der Waals surface area contributed by atoms with Crippen molar-refractivity contribution in [1.82, 2.24) is 9.80 Å². The van der Waals surface area contributed by atoms with Crippen LogP contribution in [0.15, 0.2) is 113 Å². The second-order valence-corrected chi connectivity index (χ2v) is 13.0. The van der Waals surface area contributed by atoms with Crippen LogP contribution in [0.5, 0.6) is 0 Å². The number of guanidine groups is 1. The number of likely N-dealkylation sites (tertiary alicyclic amines) is 1. The molecule has 1 fully saturated rings. The Morgan fingerprint density at radius 1 is 0.864 bits per heavy atom. The number of fused-ring (bicyclic) bond motifs is 1. The fourth-order valence-corrected chi connectivity index (χ4v) is 6.92. The van der Waals surface area contributed by atoms with Crippen LogP contribution in [0.4, 0.5) is 17.1 Å². The highest BCUT2D eigenvalue weighted by atomic mass is 32.2. The van der Waals surface area contributed by atoms with E-state index < -0.39 is 16.2 Å². The molecule has 9 heteroatoms. The molecule has 44 heavy (non-hydrogen) atoms. The molecule has 0 radical (unpaired) electrons. The topological polar surface area (TPSA) is 85.3 Å². The second kappa shape index (κ2) is 12.5. The van der Waals surface area contributed by atoms with E-state index >= 15 is 0 Å². The van der Waals surface area contributed by atoms with Gasteiger partial charge in [0.25, 0.3) is 10.0 Å². The molecule has 1 atom stereocenters. The number of amides is 1. The molecule has 8 nitrogen and oxygen atoms in total. The third-order valence-corrected chi connectivity index (χ3v) is 9.56. The van der Waals surface area contributed by atoms with E-state index in [9.17, 15) is 13.2 Å². The number of benzene rings is 4. The maximum Gasteiger partial charge on any atom is 0.261 e. The molecule has 0 aromatic heterocycles. The normalized spacial score (nSPS) is 16.6. The maximum absolute atomic E-state index is 13.5. The lowest BCUT2D eigenvalue weighted by Crippen LogP contribution is -2.54. The van der Waals surface area contributed by atoms with Gasteiger partial charge in [-0.3, -0.25) is 14.4 Å². The lowest BCUT2D eigenvalue weighted by molar-refractivity contribution is -0.131. The number of piperidine rings is 1. The number of nitrogens with one attached hydrogen (secondary N) is 1. The largest absolute Gasteiger partial charge is 0.342 e. The Hall–Kier alpha value is -4.63. The van der Waals surface area contributed by atoms with Gasteiger partial charge in [-0.2, -0.15) is 0 Å². The van der Waals surface area contributed by atoms with Gasteiger partial charge >= 0.3 is 0 Å². The highest BCUT2D eigenvalue weighted by Crippen LogP contribution is 2.41. The monoisotopic (exact) mass is 607 g/mol. The summed E-state index contributed by atoms with van der Waals surface area (Å²) in [5.41, 5.74) is 5.10. The van der Waals surface area contributed by atoms with Gasteiger partial charge in [-0.1, -0.05) is 66.2 Å². The standard InChI is InChI=1S/C35H37N5O3S/c1-26-15-21-31(22-16-26)44(42,43)37-29-19-17-28(18-20-29)25-39(27(2)41)34-32-13-7-8-14-33(32)36-35(38-23-9-4-10-24-38)40(34)30-11-5-3-6-12-30/h3,5-8,11-22,34,37H,4,9-10,23-25H2,1-2H3. The lowest BCUT2D eigenvalue weighted by atomic mass is 10.0. The molecule has 2 aliphatic heterocycles. The van der Waals surface area contributed by atoms with Gasteiger partial charge in [0.2, 0.25) is 11.9 Å². The molecule has 4 aromatic rings. The van der Waals surface area contributed by atoms with Gasteiger partial charge in [-0.25, -0.2) is 13.4 Å². The minimum Gasteiger partial charge on any atom is -0.342 e. The predicted molar refractivity (Wildman–Crippen MR) is 175 cm³/mol. The van der Waals surface area contributed by atoms with Crippen LogP contribution >= 0.6 is 0 Å². The van der Waals surface area contributed by atoms with E-state index in [0.717, 1.165) is 60.0 Å². The van der Waals surface area contributed by atoms with Crippen LogP contribution < -0.4 is 9.62 Å². The molecule has 0 aliphatic carbocycles. The highest BCUT2D eigenvalue weighted by molar-refractivity contribution is 7.92. The number of hydrogen-bond donors (Lipinski definition) is 1. The lowest BCUT2D eigenvalue weighted by Gasteiger charge is -2.47. The molecule has 226 valence electrons. The number of carbonyl (C=O) groups is 1. The van der Waals surface area contributed by atoms with Crippen LogP contribution in [0.1, 0.15) is 49.0 Å². The third kappa shape index (κ3) is 6.19. The number of rotatable bonds is 7. The summed E-state index contributed by atoms with van der Waals surface area (Å²) in [4.78, 5) is 25.3. The maximum atomic E-state index is 13.5. The van der Waals surface area contributed by atoms with Crippen molar-refractivity contribution in [3.8, 4) is 0 Å². The fourth-order valence-electron chi connectivity index (χ4n) is 5.86. The average Bonchev–Trinajstić information content (AvgIpc) is 3.04. The number of anilines is 2. The van der Waals surface area contributed by atoms with Crippen molar-refractivity contribution in [2.24, 2.45) is 4.99 Å². The van der Waals surface area contributed by atoms with E-state index in [0.29, 0.717) is 12.2 Å². The number of aliphatic imine (C=N–C) groups is 1. The molecule has 0 spiro atoms. The minimum atomic E-state index is -3.72. The molecular weight excluding hydrogens is 570 g/mol. The Morgan fingerprint density at radius 2 is 1.52 bits per heavy atom. The number of carbonyl (C=O) groups excluding carboxylic acids is 1. The number of aryl methyl sites for hydroxylation is 1. The first-order chi connectivity index (χ1) is 21.3. The summed E-state index contributed by atoms with van der Waals surface area (Å²) in [6, 6.07) is 32.1. The van der Waals surface area contributed by atoms with Gasteiger partial charge in [0, 0.05) is 43.5 Å². The summed E-state index contributed by atoms with van der Waals surface area (Å²) in [5, 5.41) is 0. The zero-order chi connectivity index (χ0) is 30.7. The van der Waals surface area contributed by atoms with Crippen LogP contribution in [-0.4, -0.2) is 43.2 Å². The number of nitrogens with zero attached hydrogens (tertiary/aromatic N) is 4. The van der Waals surface area contributed by atoms with Crippen molar-refractivity contribution in [2.45, 2.75) is 50.7 Å². The van der Waals surface area contributed by atoms with Gasteiger partial charge in [0.05, 0.1) is 10.6 Å². The van der Waals surface area contributed by atoms with Crippen LogP contribution in [0, 0.1) is 6.92 Å². The smallest absolute Gasteiger partial charge is 0.261 e. The van der Waals surface area contributed by atoms with Gasteiger partial charge in [-0.05, 0) is 74.2 Å². The molecule has 2 aliphatic rings. The van der Waals surface area contributed by atoms with Gasteiger partial charge in [-0.15, -0.1) is 0 Å². The quantitative estimate of drug-likeness (QED) is 0.249. The molecule has 1 unspecified atom stereocenters. The molecule has 1 saturated heterocycles. The van der Waals surface area contributed by atoms with Crippen LogP contribution in [0.3, 0.4) is 0 Å². The molecule has 0 bridgehead atoms. The molecule has 0 saturated carbocycles. The number of para-hydroxylation sites is 2. The van der Waals surface area contributed by atoms with E-state index in [1.54, 1.807) is 43.3 Å². The predicted octanol–water partition coefficient (Wildman–Crippen LogP) is 6.84.